The molecular formula is C8H16O3S. The normalized spacial score (nSPS) is 13.2. The lowest BCUT2D eigenvalue weighted by atomic mass is 10.1. The van der Waals surface area contributed by atoms with Crippen molar-refractivity contribution in [3.8, 4) is 0 Å². The van der Waals surface area contributed by atoms with E-state index >= 15 is 0 Å². The van der Waals surface area contributed by atoms with Crippen molar-refractivity contribution < 1.29 is 14.1 Å². The molecule has 0 aromatic heterocycles. The average Bonchev–Trinajstić information content (AvgIpc) is 1.98. The molecule has 0 fully saturated rings. The molecule has 0 aliphatic rings. The van der Waals surface area contributed by atoms with Crippen molar-refractivity contribution in [3.63, 3.8) is 0 Å². The molecule has 0 saturated carbocycles. The van der Waals surface area contributed by atoms with E-state index in [1.54, 1.807) is 0 Å². The molecule has 0 radical (unpaired) electrons. The predicted octanol–water partition coefficient (Wildman–Crippen LogP) is 1.26. The fourth-order valence-electron chi connectivity index (χ4n) is 0.984. The van der Waals surface area contributed by atoms with Gasteiger partial charge in [0.15, 0.2) is 0 Å². The lowest BCUT2D eigenvalue weighted by molar-refractivity contribution is -0.133. The van der Waals surface area contributed by atoms with Gasteiger partial charge in [-0.1, -0.05) is 26.7 Å². The minimum absolute atomic E-state index is 0.212. The highest BCUT2D eigenvalue weighted by Gasteiger charge is 2.11. The van der Waals surface area contributed by atoms with Gasteiger partial charge in [-0.05, 0) is 5.92 Å². The van der Waals surface area contributed by atoms with Gasteiger partial charge in [0, 0.05) is 16.6 Å². The SMILES string of the molecule is CCC(CC)CS(=O)CC(=O)O. The summed E-state index contributed by atoms with van der Waals surface area (Å²) >= 11 is 0. The van der Waals surface area contributed by atoms with Gasteiger partial charge in [-0.15, -0.1) is 0 Å². The largest absolute Gasteiger partial charge is 0.481 e. The highest BCUT2D eigenvalue weighted by molar-refractivity contribution is 7.85. The van der Waals surface area contributed by atoms with Crippen molar-refractivity contribution in [2.45, 2.75) is 26.7 Å². The van der Waals surface area contributed by atoms with Crippen LogP contribution in [-0.2, 0) is 15.6 Å². The molecule has 0 amide bonds. The van der Waals surface area contributed by atoms with Gasteiger partial charge in [0.2, 0.25) is 0 Å². The predicted molar refractivity (Wildman–Crippen MR) is 49.6 cm³/mol. The Balaban J connectivity index is 3.74. The second-order valence-electron chi connectivity index (χ2n) is 2.83. The van der Waals surface area contributed by atoms with E-state index in [2.05, 4.69) is 0 Å². The van der Waals surface area contributed by atoms with Crippen LogP contribution in [0.25, 0.3) is 0 Å². The molecule has 1 unspecified atom stereocenters. The Bertz CT molecular complexity index is 164. The first-order valence-corrected chi connectivity index (χ1v) is 5.65. The molecule has 0 spiro atoms. The first-order valence-electron chi connectivity index (χ1n) is 4.16. The molecule has 12 heavy (non-hydrogen) atoms. The minimum Gasteiger partial charge on any atom is -0.481 e. The maximum absolute atomic E-state index is 11.1. The van der Waals surface area contributed by atoms with Crippen LogP contribution in [0.3, 0.4) is 0 Å². The van der Waals surface area contributed by atoms with E-state index in [1.165, 1.54) is 0 Å². The fourth-order valence-corrected chi connectivity index (χ4v) is 2.37. The van der Waals surface area contributed by atoms with Gasteiger partial charge in [-0.3, -0.25) is 9.00 Å². The lowest BCUT2D eigenvalue weighted by Crippen LogP contribution is -2.17. The first kappa shape index (κ1) is 11.6. The van der Waals surface area contributed by atoms with E-state index in [4.69, 9.17) is 5.11 Å². The molecule has 0 heterocycles. The molecule has 0 aromatic rings. The van der Waals surface area contributed by atoms with Crippen LogP contribution in [0.4, 0.5) is 0 Å². The average molecular weight is 192 g/mol. The number of carboxylic acid groups (broad SMARTS) is 1. The quantitative estimate of drug-likeness (QED) is 0.689. The van der Waals surface area contributed by atoms with E-state index < -0.39 is 16.8 Å². The molecule has 0 aromatic carbocycles. The maximum atomic E-state index is 11.1. The van der Waals surface area contributed by atoms with E-state index in [1.807, 2.05) is 13.8 Å². The van der Waals surface area contributed by atoms with Crippen LogP contribution in [-0.4, -0.2) is 26.8 Å². The number of hydrogen-bond donors (Lipinski definition) is 1. The summed E-state index contributed by atoms with van der Waals surface area (Å²) in [5.74, 6) is -0.250. The van der Waals surface area contributed by atoms with Crippen LogP contribution in [0.1, 0.15) is 26.7 Å². The Kier molecular flexibility index (Phi) is 5.98. The van der Waals surface area contributed by atoms with Crippen LogP contribution in [0.2, 0.25) is 0 Å². The number of aliphatic carboxylic acids is 1. The maximum Gasteiger partial charge on any atom is 0.316 e. The molecule has 0 bridgehead atoms. The zero-order valence-corrected chi connectivity index (χ0v) is 8.39. The van der Waals surface area contributed by atoms with Gasteiger partial charge >= 0.3 is 5.97 Å². The molecular weight excluding hydrogens is 176 g/mol. The van der Waals surface area contributed by atoms with Crippen molar-refractivity contribution >= 4 is 16.8 Å². The number of carboxylic acids is 1. The van der Waals surface area contributed by atoms with Crippen LogP contribution in [0.5, 0.6) is 0 Å². The molecule has 1 N–H and O–H groups in total. The van der Waals surface area contributed by atoms with Gasteiger partial charge < -0.3 is 5.11 Å². The summed E-state index contributed by atoms with van der Waals surface area (Å²) in [6.07, 6.45) is 1.95. The van der Waals surface area contributed by atoms with E-state index in [0.29, 0.717) is 11.7 Å². The molecule has 0 rings (SSSR count). The Morgan fingerprint density at radius 2 is 1.92 bits per heavy atom. The Morgan fingerprint density at radius 3 is 2.25 bits per heavy atom. The van der Waals surface area contributed by atoms with Gasteiger partial charge in [-0.25, -0.2) is 0 Å². The fraction of sp³-hybridized carbons (Fsp3) is 0.875. The van der Waals surface area contributed by atoms with Crippen molar-refractivity contribution in [1.29, 1.82) is 0 Å². The molecule has 1 atom stereocenters. The standard InChI is InChI=1S/C8H16O3S/c1-3-7(4-2)5-12(11)6-8(9)10/h7H,3-6H2,1-2H3,(H,9,10). The summed E-state index contributed by atoms with van der Waals surface area (Å²) in [6.45, 7) is 4.07. The summed E-state index contributed by atoms with van der Waals surface area (Å²) in [5, 5.41) is 8.35. The van der Waals surface area contributed by atoms with E-state index in [0.717, 1.165) is 12.8 Å². The van der Waals surface area contributed by atoms with Crippen molar-refractivity contribution in [1.82, 2.24) is 0 Å². The topological polar surface area (TPSA) is 54.4 Å². The van der Waals surface area contributed by atoms with E-state index in [9.17, 15) is 9.00 Å². The third-order valence-electron chi connectivity index (χ3n) is 1.86. The van der Waals surface area contributed by atoms with Gasteiger partial charge in [0.25, 0.3) is 0 Å². The molecule has 4 heteroatoms. The monoisotopic (exact) mass is 192 g/mol. The van der Waals surface area contributed by atoms with Crippen molar-refractivity contribution in [3.05, 3.63) is 0 Å². The molecule has 72 valence electrons. The Labute approximate surface area is 75.6 Å². The summed E-state index contributed by atoms with van der Waals surface area (Å²) in [4.78, 5) is 10.2. The number of carbonyl (C=O) groups is 1. The summed E-state index contributed by atoms with van der Waals surface area (Å²) < 4.78 is 11.1. The third kappa shape index (κ3) is 5.29. The van der Waals surface area contributed by atoms with Crippen molar-refractivity contribution in [2.24, 2.45) is 5.92 Å². The van der Waals surface area contributed by atoms with Crippen LogP contribution in [0, 0.1) is 5.92 Å². The second-order valence-corrected chi connectivity index (χ2v) is 4.33. The van der Waals surface area contributed by atoms with E-state index in [-0.39, 0.29) is 5.75 Å². The number of hydrogen-bond acceptors (Lipinski definition) is 2. The van der Waals surface area contributed by atoms with Crippen LogP contribution < -0.4 is 0 Å². The molecule has 3 nitrogen and oxygen atoms in total. The molecule has 0 aliphatic carbocycles. The van der Waals surface area contributed by atoms with Gasteiger partial charge in [-0.2, -0.15) is 0 Å². The molecule has 0 aliphatic heterocycles. The smallest absolute Gasteiger partial charge is 0.316 e. The number of rotatable bonds is 6. The van der Waals surface area contributed by atoms with Crippen LogP contribution in [0.15, 0.2) is 0 Å². The highest BCUT2D eigenvalue weighted by atomic mass is 32.2. The summed E-state index contributed by atoms with van der Waals surface area (Å²) in [5.41, 5.74) is 0. The zero-order chi connectivity index (χ0) is 9.56. The Hall–Kier alpha value is -0.380. The zero-order valence-electron chi connectivity index (χ0n) is 7.58. The lowest BCUT2D eigenvalue weighted by Gasteiger charge is -2.09. The highest BCUT2D eigenvalue weighted by Crippen LogP contribution is 2.08. The Morgan fingerprint density at radius 1 is 1.42 bits per heavy atom. The third-order valence-corrected chi connectivity index (χ3v) is 3.27. The summed E-state index contributed by atoms with van der Waals surface area (Å²) in [7, 11) is -1.18. The van der Waals surface area contributed by atoms with Gasteiger partial charge in [0.1, 0.15) is 5.75 Å². The van der Waals surface area contributed by atoms with Gasteiger partial charge in [0.05, 0.1) is 0 Å². The minimum atomic E-state index is -1.18. The summed E-state index contributed by atoms with van der Waals surface area (Å²) in [6, 6.07) is 0. The second kappa shape index (κ2) is 6.17. The first-order chi connectivity index (χ1) is 5.60. The van der Waals surface area contributed by atoms with Crippen molar-refractivity contribution in [2.75, 3.05) is 11.5 Å². The molecule has 0 saturated heterocycles. The van der Waals surface area contributed by atoms with Crippen LogP contribution >= 0.6 is 0 Å².